The van der Waals surface area contributed by atoms with Gasteiger partial charge in [-0.3, -0.25) is 19.6 Å². The van der Waals surface area contributed by atoms with Crippen molar-refractivity contribution in [1.82, 2.24) is 9.97 Å². The monoisotopic (exact) mass is 575 g/mol. The van der Waals surface area contributed by atoms with Crippen LogP contribution < -0.4 is 5.32 Å². The number of halogens is 3. The molecule has 2 aromatic heterocycles. The van der Waals surface area contributed by atoms with Gasteiger partial charge in [0.05, 0.1) is 29.1 Å². The predicted octanol–water partition coefficient (Wildman–Crippen LogP) is 7.04. The van der Waals surface area contributed by atoms with Gasteiger partial charge in [0.15, 0.2) is 0 Å². The largest absolute Gasteiger partial charge is 0.462 e. The van der Waals surface area contributed by atoms with Crippen LogP contribution in [-0.4, -0.2) is 27.9 Å². The number of carbonyl (C=O) groups excluding carboxylic acids is 2. The number of nitrogens with one attached hydrogen (secondary N) is 1. The molecule has 1 aliphatic heterocycles. The van der Waals surface area contributed by atoms with Gasteiger partial charge in [-0.2, -0.15) is 13.2 Å². The SMILES string of the molecule is C[C@H]1OC(=O)[C@@H]2C[C@@H]3C[C@H](C(=O)Nc4cccnc4)CC[C@H]3[C@H](/C=C/c3ccc(-c4cccc(C(F)(F)F)c4)cn3)[C@H]12. The molecule has 1 N–H and O–H groups in total. The van der Waals surface area contributed by atoms with Gasteiger partial charge in [0.25, 0.3) is 0 Å². The number of anilines is 1. The number of cyclic esters (lactones) is 1. The molecule has 0 radical (unpaired) electrons. The van der Waals surface area contributed by atoms with E-state index in [4.69, 9.17) is 4.74 Å². The summed E-state index contributed by atoms with van der Waals surface area (Å²) in [5.41, 5.74) is 1.71. The summed E-state index contributed by atoms with van der Waals surface area (Å²) in [7, 11) is 0. The Morgan fingerprint density at radius 1 is 1.05 bits per heavy atom. The molecule has 0 spiro atoms. The minimum Gasteiger partial charge on any atom is -0.462 e. The Bertz CT molecular complexity index is 1480. The summed E-state index contributed by atoms with van der Waals surface area (Å²) in [4.78, 5) is 34.5. The Morgan fingerprint density at radius 2 is 1.90 bits per heavy atom. The summed E-state index contributed by atoms with van der Waals surface area (Å²) in [6.07, 6.45) is 7.43. The second kappa shape index (κ2) is 11.3. The number of hydrogen-bond donors (Lipinski definition) is 1. The summed E-state index contributed by atoms with van der Waals surface area (Å²) in [5, 5.41) is 2.98. The fraction of sp³-hybridized carbons (Fsp3) is 0.394. The first-order valence-corrected chi connectivity index (χ1v) is 14.4. The van der Waals surface area contributed by atoms with E-state index in [0.717, 1.165) is 37.8 Å². The average molecular weight is 576 g/mol. The predicted molar refractivity (Wildman–Crippen MR) is 152 cm³/mol. The van der Waals surface area contributed by atoms with E-state index in [1.54, 1.807) is 42.9 Å². The van der Waals surface area contributed by atoms with Crippen molar-refractivity contribution in [2.75, 3.05) is 5.32 Å². The molecule has 6 nitrogen and oxygen atoms in total. The zero-order valence-electron chi connectivity index (χ0n) is 23.1. The van der Waals surface area contributed by atoms with Gasteiger partial charge in [-0.15, -0.1) is 0 Å². The summed E-state index contributed by atoms with van der Waals surface area (Å²) in [6, 6.07) is 12.4. The number of pyridine rings is 2. The summed E-state index contributed by atoms with van der Waals surface area (Å²) in [6.45, 7) is 1.96. The van der Waals surface area contributed by atoms with Crippen molar-refractivity contribution in [2.24, 2.45) is 35.5 Å². The highest BCUT2D eigenvalue weighted by Gasteiger charge is 2.54. The first kappa shape index (κ1) is 28.1. The number of alkyl halides is 3. The average Bonchev–Trinajstić information content (AvgIpc) is 3.27. The number of aromatic nitrogens is 2. The molecule has 9 heteroatoms. The topological polar surface area (TPSA) is 81.2 Å². The molecule has 3 aliphatic rings. The number of ether oxygens (including phenoxy) is 1. The van der Waals surface area contributed by atoms with E-state index in [9.17, 15) is 22.8 Å². The maximum atomic E-state index is 13.2. The minimum absolute atomic E-state index is 0.0110. The fourth-order valence-corrected chi connectivity index (χ4v) is 7.29. The van der Waals surface area contributed by atoms with E-state index in [2.05, 4.69) is 21.4 Å². The van der Waals surface area contributed by atoms with Crippen LogP contribution in [0.2, 0.25) is 0 Å². The molecule has 3 heterocycles. The second-order valence-corrected chi connectivity index (χ2v) is 11.7. The van der Waals surface area contributed by atoms with Crippen molar-refractivity contribution in [3.05, 3.63) is 84.5 Å². The summed E-state index contributed by atoms with van der Waals surface area (Å²) in [5.74, 6) is 0.167. The van der Waals surface area contributed by atoms with Crippen LogP contribution in [0.5, 0.6) is 0 Å². The lowest BCUT2D eigenvalue weighted by Gasteiger charge is -2.47. The smallest absolute Gasteiger partial charge is 0.416 e. The highest BCUT2D eigenvalue weighted by atomic mass is 19.4. The molecule has 1 amide bonds. The van der Waals surface area contributed by atoms with Crippen LogP contribution >= 0.6 is 0 Å². The zero-order chi connectivity index (χ0) is 29.4. The van der Waals surface area contributed by atoms with Gasteiger partial charge in [-0.25, -0.2) is 0 Å². The lowest BCUT2D eigenvalue weighted by molar-refractivity contribution is -0.144. The molecule has 1 aromatic carbocycles. The van der Waals surface area contributed by atoms with E-state index >= 15 is 0 Å². The van der Waals surface area contributed by atoms with Gasteiger partial charge in [0, 0.05) is 29.8 Å². The maximum Gasteiger partial charge on any atom is 0.416 e. The fourth-order valence-electron chi connectivity index (χ4n) is 7.29. The Labute approximate surface area is 242 Å². The molecule has 218 valence electrons. The van der Waals surface area contributed by atoms with Crippen LogP contribution in [0.15, 0.2) is 73.2 Å². The van der Waals surface area contributed by atoms with E-state index in [0.29, 0.717) is 28.4 Å². The van der Waals surface area contributed by atoms with Crippen LogP contribution in [0.3, 0.4) is 0 Å². The van der Waals surface area contributed by atoms with Crippen LogP contribution in [0.4, 0.5) is 18.9 Å². The van der Waals surface area contributed by atoms with Crippen LogP contribution in [-0.2, 0) is 20.5 Å². The van der Waals surface area contributed by atoms with E-state index in [1.165, 1.54) is 6.07 Å². The van der Waals surface area contributed by atoms with Crippen LogP contribution in [0, 0.1) is 35.5 Å². The number of fused-ring (bicyclic) bond motifs is 2. The molecular weight excluding hydrogens is 543 g/mol. The highest BCUT2D eigenvalue weighted by Crippen LogP contribution is 2.54. The van der Waals surface area contributed by atoms with Gasteiger partial charge >= 0.3 is 12.1 Å². The highest BCUT2D eigenvalue weighted by molar-refractivity contribution is 5.92. The quantitative estimate of drug-likeness (QED) is 0.330. The molecule has 2 saturated carbocycles. The van der Waals surface area contributed by atoms with Crippen molar-refractivity contribution in [3.63, 3.8) is 0 Å². The van der Waals surface area contributed by atoms with Crippen molar-refractivity contribution in [1.29, 1.82) is 0 Å². The summed E-state index contributed by atoms with van der Waals surface area (Å²) < 4.78 is 45.2. The van der Waals surface area contributed by atoms with Gasteiger partial charge < -0.3 is 10.1 Å². The molecule has 3 fully saturated rings. The van der Waals surface area contributed by atoms with Crippen molar-refractivity contribution in [2.45, 2.75) is 44.9 Å². The molecular formula is C33H32F3N3O3. The molecule has 2 aliphatic carbocycles. The van der Waals surface area contributed by atoms with E-state index in [1.807, 2.05) is 19.1 Å². The molecule has 42 heavy (non-hydrogen) atoms. The first-order valence-electron chi connectivity index (χ1n) is 14.4. The standard InChI is InChI=1S/C33H32F3N3O3/c1-19-30-28(12-10-25-9-7-22(17-38-25)20-4-2-5-24(15-20)33(34,35)36)27-11-8-21(14-23(27)16-29(30)32(41)42-19)31(40)39-26-6-3-13-37-18-26/h2-7,9-10,12-13,15,17-19,21,23,27-30H,8,11,14,16H2,1H3,(H,39,40)/b12-10+/t19-,21-,23+,27-,28+,29-,30+/m1/s1. The Morgan fingerprint density at radius 3 is 2.64 bits per heavy atom. The maximum absolute atomic E-state index is 13.2. The first-order chi connectivity index (χ1) is 20.2. The molecule has 7 atom stereocenters. The van der Waals surface area contributed by atoms with Gasteiger partial charge in [0.2, 0.25) is 5.91 Å². The van der Waals surface area contributed by atoms with Gasteiger partial charge in [-0.1, -0.05) is 24.3 Å². The van der Waals surface area contributed by atoms with Crippen LogP contribution in [0.25, 0.3) is 17.2 Å². The molecule has 0 bridgehead atoms. The lowest BCUT2D eigenvalue weighted by Crippen LogP contribution is -2.45. The number of benzene rings is 1. The molecule has 3 aromatic rings. The molecule has 0 unspecified atom stereocenters. The molecule has 6 rings (SSSR count). The van der Waals surface area contributed by atoms with Crippen molar-refractivity contribution < 1.29 is 27.5 Å². The Balaban J connectivity index is 1.19. The van der Waals surface area contributed by atoms with Crippen LogP contribution in [0.1, 0.15) is 43.9 Å². The number of rotatable bonds is 5. The number of amides is 1. The Kier molecular flexibility index (Phi) is 7.60. The third-order valence-electron chi connectivity index (χ3n) is 9.25. The lowest BCUT2D eigenvalue weighted by atomic mass is 9.56. The number of carbonyl (C=O) groups is 2. The van der Waals surface area contributed by atoms with E-state index in [-0.39, 0.29) is 47.6 Å². The number of hydrogen-bond acceptors (Lipinski definition) is 5. The van der Waals surface area contributed by atoms with Crippen molar-refractivity contribution in [3.8, 4) is 11.1 Å². The number of nitrogens with zero attached hydrogens (tertiary/aromatic N) is 2. The zero-order valence-corrected chi connectivity index (χ0v) is 23.1. The summed E-state index contributed by atoms with van der Waals surface area (Å²) >= 11 is 0. The third-order valence-corrected chi connectivity index (χ3v) is 9.25. The number of esters is 1. The minimum atomic E-state index is -4.41. The Hall–Kier alpha value is -4.01. The normalized spacial score (nSPS) is 29.0. The number of allylic oxidation sites excluding steroid dienone is 1. The second-order valence-electron chi connectivity index (χ2n) is 11.7. The van der Waals surface area contributed by atoms with Gasteiger partial charge in [-0.05, 0) is 92.3 Å². The van der Waals surface area contributed by atoms with E-state index < -0.39 is 11.7 Å². The third kappa shape index (κ3) is 5.69. The van der Waals surface area contributed by atoms with Gasteiger partial charge in [0.1, 0.15) is 6.10 Å². The van der Waals surface area contributed by atoms with Crippen molar-refractivity contribution >= 4 is 23.6 Å². The molecule has 1 saturated heterocycles.